The van der Waals surface area contributed by atoms with Gasteiger partial charge in [-0.25, -0.2) is 4.98 Å². The van der Waals surface area contributed by atoms with E-state index < -0.39 is 5.95 Å². The molecular weight excluding hydrogens is 155 g/mol. The second kappa shape index (κ2) is 2.52. The van der Waals surface area contributed by atoms with Crippen molar-refractivity contribution in [2.75, 3.05) is 6.54 Å². The fourth-order valence-electron chi connectivity index (χ4n) is 1.42. The molecule has 0 amide bonds. The highest BCUT2D eigenvalue weighted by atomic mass is 19.1. The van der Waals surface area contributed by atoms with Gasteiger partial charge in [-0.05, 0) is 25.0 Å². The molecule has 0 radical (unpaired) electrons. The van der Waals surface area contributed by atoms with E-state index in [-0.39, 0.29) is 5.41 Å². The summed E-state index contributed by atoms with van der Waals surface area (Å²) in [7, 11) is 0. The minimum absolute atomic E-state index is 0.00208. The average molecular weight is 166 g/mol. The molecule has 3 heteroatoms. The van der Waals surface area contributed by atoms with Gasteiger partial charge in [-0.3, -0.25) is 0 Å². The van der Waals surface area contributed by atoms with E-state index in [1.165, 1.54) is 6.07 Å². The van der Waals surface area contributed by atoms with Crippen molar-refractivity contribution in [2.45, 2.75) is 18.3 Å². The molecule has 64 valence electrons. The normalized spacial score (nSPS) is 19.2. The van der Waals surface area contributed by atoms with Crippen molar-refractivity contribution in [3.8, 4) is 0 Å². The van der Waals surface area contributed by atoms with Crippen LogP contribution in [0.2, 0.25) is 0 Å². The summed E-state index contributed by atoms with van der Waals surface area (Å²) >= 11 is 0. The van der Waals surface area contributed by atoms with E-state index in [1.807, 2.05) is 6.07 Å². The minimum Gasteiger partial charge on any atom is -0.330 e. The fourth-order valence-corrected chi connectivity index (χ4v) is 1.42. The Morgan fingerprint density at radius 2 is 2.25 bits per heavy atom. The fraction of sp³-hybridized carbons (Fsp3) is 0.444. The van der Waals surface area contributed by atoms with Crippen molar-refractivity contribution in [3.05, 3.63) is 29.8 Å². The summed E-state index contributed by atoms with van der Waals surface area (Å²) in [6.07, 6.45) is 2.08. The van der Waals surface area contributed by atoms with Gasteiger partial charge in [-0.2, -0.15) is 4.39 Å². The number of pyridine rings is 1. The van der Waals surface area contributed by atoms with Crippen molar-refractivity contribution in [2.24, 2.45) is 5.73 Å². The smallest absolute Gasteiger partial charge is 0.213 e. The lowest BCUT2D eigenvalue weighted by molar-refractivity contribution is 0.559. The summed E-state index contributed by atoms with van der Waals surface area (Å²) in [6, 6.07) is 4.90. The molecule has 0 bridgehead atoms. The monoisotopic (exact) mass is 166 g/mol. The molecule has 0 aliphatic heterocycles. The first-order chi connectivity index (χ1) is 5.77. The first-order valence-corrected chi connectivity index (χ1v) is 4.10. The van der Waals surface area contributed by atoms with Crippen LogP contribution in [-0.2, 0) is 5.41 Å². The van der Waals surface area contributed by atoms with Crippen molar-refractivity contribution < 1.29 is 4.39 Å². The van der Waals surface area contributed by atoms with Crippen LogP contribution in [0.4, 0.5) is 4.39 Å². The predicted molar refractivity (Wildman–Crippen MR) is 44.2 cm³/mol. The molecule has 1 heterocycles. The van der Waals surface area contributed by atoms with Gasteiger partial charge < -0.3 is 5.73 Å². The van der Waals surface area contributed by atoms with Crippen LogP contribution >= 0.6 is 0 Å². The molecule has 0 saturated heterocycles. The molecule has 1 aromatic rings. The highest BCUT2D eigenvalue weighted by molar-refractivity contribution is 5.25. The molecule has 1 aromatic heterocycles. The van der Waals surface area contributed by atoms with Crippen LogP contribution in [-0.4, -0.2) is 11.5 Å². The second-order valence-corrected chi connectivity index (χ2v) is 3.33. The highest BCUT2D eigenvalue weighted by Gasteiger charge is 2.44. The van der Waals surface area contributed by atoms with Crippen molar-refractivity contribution in [3.63, 3.8) is 0 Å². The summed E-state index contributed by atoms with van der Waals surface area (Å²) in [4.78, 5) is 3.83. The van der Waals surface area contributed by atoms with E-state index in [1.54, 1.807) is 6.07 Å². The van der Waals surface area contributed by atoms with Gasteiger partial charge >= 0.3 is 0 Å². The van der Waals surface area contributed by atoms with Crippen LogP contribution in [0.25, 0.3) is 0 Å². The molecule has 0 unspecified atom stereocenters. The van der Waals surface area contributed by atoms with Crippen LogP contribution < -0.4 is 5.73 Å². The topological polar surface area (TPSA) is 38.9 Å². The minimum atomic E-state index is -0.410. The molecule has 1 fully saturated rings. The van der Waals surface area contributed by atoms with E-state index in [0.29, 0.717) is 6.54 Å². The maximum Gasteiger partial charge on any atom is 0.213 e. The molecule has 12 heavy (non-hydrogen) atoms. The molecule has 2 nitrogen and oxygen atoms in total. The molecule has 0 atom stereocenters. The van der Waals surface area contributed by atoms with Gasteiger partial charge in [0.25, 0.3) is 0 Å². The third kappa shape index (κ3) is 1.10. The molecule has 1 aliphatic rings. The van der Waals surface area contributed by atoms with Crippen LogP contribution in [0.15, 0.2) is 18.2 Å². The number of aromatic nitrogens is 1. The van der Waals surface area contributed by atoms with Gasteiger partial charge in [-0.15, -0.1) is 0 Å². The Kier molecular flexibility index (Phi) is 1.61. The zero-order chi connectivity index (χ0) is 8.60. The quantitative estimate of drug-likeness (QED) is 0.671. The van der Waals surface area contributed by atoms with Crippen LogP contribution in [0.5, 0.6) is 0 Å². The van der Waals surface area contributed by atoms with Crippen LogP contribution in [0, 0.1) is 5.95 Å². The molecule has 0 spiro atoms. The Bertz CT molecular complexity index is 294. The van der Waals surface area contributed by atoms with Crippen molar-refractivity contribution >= 4 is 0 Å². The largest absolute Gasteiger partial charge is 0.330 e. The molecule has 2 rings (SSSR count). The Balaban J connectivity index is 2.34. The highest BCUT2D eigenvalue weighted by Crippen LogP contribution is 2.46. The van der Waals surface area contributed by atoms with Gasteiger partial charge in [0.15, 0.2) is 0 Å². The van der Waals surface area contributed by atoms with Crippen molar-refractivity contribution in [1.82, 2.24) is 4.98 Å². The SMILES string of the molecule is NCC1(c2cccc(F)n2)CC1. The molecule has 0 aromatic carbocycles. The summed E-state index contributed by atoms with van der Waals surface area (Å²) in [5.41, 5.74) is 6.40. The Morgan fingerprint density at radius 1 is 1.50 bits per heavy atom. The summed E-state index contributed by atoms with van der Waals surface area (Å²) in [6.45, 7) is 0.573. The lowest BCUT2D eigenvalue weighted by Gasteiger charge is -2.10. The van der Waals surface area contributed by atoms with E-state index in [2.05, 4.69) is 4.98 Å². The van der Waals surface area contributed by atoms with Gasteiger partial charge in [0.1, 0.15) is 0 Å². The predicted octanol–water partition coefficient (Wildman–Crippen LogP) is 1.21. The Hall–Kier alpha value is -0.960. The number of hydrogen-bond donors (Lipinski definition) is 1. The Morgan fingerprint density at radius 3 is 2.75 bits per heavy atom. The lowest BCUT2D eigenvalue weighted by Crippen LogP contribution is -2.21. The number of rotatable bonds is 2. The third-order valence-corrected chi connectivity index (χ3v) is 2.50. The van der Waals surface area contributed by atoms with E-state index in [9.17, 15) is 4.39 Å². The van der Waals surface area contributed by atoms with Crippen LogP contribution in [0.3, 0.4) is 0 Å². The number of hydrogen-bond acceptors (Lipinski definition) is 2. The molecule has 1 saturated carbocycles. The summed E-state index contributed by atoms with van der Waals surface area (Å²) in [5, 5.41) is 0. The van der Waals surface area contributed by atoms with E-state index >= 15 is 0 Å². The number of nitrogens with zero attached hydrogens (tertiary/aromatic N) is 1. The van der Waals surface area contributed by atoms with Gasteiger partial charge in [-0.1, -0.05) is 6.07 Å². The van der Waals surface area contributed by atoms with Gasteiger partial charge in [0.05, 0.1) is 5.69 Å². The van der Waals surface area contributed by atoms with Crippen molar-refractivity contribution in [1.29, 1.82) is 0 Å². The van der Waals surface area contributed by atoms with Crippen LogP contribution in [0.1, 0.15) is 18.5 Å². The number of nitrogens with two attached hydrogens (primary N) is 1. The first-order valence-electron chi connectivity index (χ1n) is 4.10. The molecule has 2 N–H and O–H groups in total. The molecular formula is C9H11FN2. The maximum absolute atomic E-state index is 12.7. The van der Waals surface area contributed by atoms with E-state index in [0.717, 1.165) is 18.5 Å². The average Bonchev–Trinajstić information content (AvgIpc) is 2.84. The van der Waals surface area contributed by atoms with Gasteiger partial charge in [0, 0.05) is 12.0 Å². The Labute approximate surface area is 70.6 Å². The van der Waals surface area contributed by atoms with E-state index in [4.69, 9.17) is 5.73 Å². The number of halogens is 1. The van der Waals surface area contributed by atoms with Gasteiger partial charge in [0.2, 0.25) is 5.95 Å². The summed E-state index contributed by atoms with van der Waals surface area (Å²) < 4.78 is 12.7. The standard InChI is InChI=1S/C9H11FN2/c10-8-3-1-2-7(12-8)9(6-11)4-5-9/h1-3H,4-6,11H2. The lowest BCUT2D eigenvalue weighted by atomic mass is 10.0. The zero-order valence-electron chi connectivity index (χ0n) is 6.76. The zero-order valence-corrected chi connectivity index (χ0v) is 6.76. The first kappa shape index (κ1) is 7.68. The maximum atomic E-state index is 12.7. The summed E-state index contributed by atoms with van der Waals surface area (Å²) in [5.74, 6) is -0.410. The molecule has 1 aliphatic carbocycles. The third-order valence-electron chi connectivity index (χ3n) is 2.50. The second-order valence-electron chi connectivity index (χ2n) is 3.33.